The summed E-state index contributed by atoms with van der Waals surface area (Å²) in [6.07, 6.45) is 6.65. The van der Waals surface area contributed by atoms with Crippen molar-refractivity contribution >= 4 is 5.97 Å². The van der Waals surface area contributed by atoms with Gasteiger partial charge in [-0.2, -0.15) is 0 Å². The highest BCUT2D eigenvalue weighted by Gasteiger charge is 2.04. The lowest BCUT2D eigenvalue weighted by atomic mass is 10.5. The summed E-state index contributed by atoms with van der Waals surface area (Å²) in [5, 5.41) is 8.41. The molecule has 0 aliphatic carbocycles. The second-order valence-corrected chi connectivity index (χ2v) is 2.11. The molecule has 0 atom stereocenters. The highest BCUT2D eigenvalue weighted by Crippen LogP contribution is 1.96. The quantitative estimate of drug-likeness (QED) is 0.626. The molecule has 0 aromatic carbocycles. The summed E-state index contributed by atoms with van der Waals surface area (Å²) in [5.74, 6) is -0.861. The standard InChI is InChI=1S/C7H9NO3/c9-7(10)5-8-3-1-2-4-11-6-8/h1-4H,5-6H2,(H,9,10). The number of carboxylic acid groups (broad SMARTS) is 1. The Bertz CT molecular complexity index is 198. The van der Waals surface area contributed by atoms with Gasteiger partial charge in [-0.25, -0.2) is 0 Å². The first-order chi connectivity index (χ1) is 5.29. The first-order valence-corrected chi connectivity index (χ1v) is 3.20. The molecule has 1 rings (SSSR count). The Balaban J connectivity index is 2.41. The van der Waals surface area contributed by atoms with Crippen molar-refractivity contribution in [1.29, 1.82) is 0 Å². The monoisotopic (exact) mass is 155 g/mol. The molecule has 0 unspecified atom stereocenters. The van der Waals surface area contributed by atoms with Gasteiger partial charge in [0.15, 0.2) is 6.73 Å². The lowest BCUT2D eigenvalue weighted by Gasteiger charge is -2.14. The third-order valence-corrected chi connectivity index (χ3v) is 1.16. The van der Waals surface area contributed by atoms with Crippen LogP contribution in [0.25, 0.3) is 0 Å². The first-order valence-electron chi connectivity index (χ1n) is 3.20. The van der Waals surface area contributed by atoms with Crippen molar-refractivity contribution in [2.45, 2.75) is 0 Å². The number of hydrogen-bond acceptors (Lipinski definition) is 3. The number of rotatable bonds is 2. The smallest absolute Gasteiger partial charge is 0.323 e. The number of nitrogens with zero attached hydrogens (tertiary/aromatic N) is 1. The fraction of sp³-hybridized carbons (Fsp3) is 0.286. The van der Waals surface area contributed by atoms with Crippen molar-refractivity contribution < 1.29 is 14.6 Å². The minimum Gasteiger partial charge on any atom is -0.481 e. The van der Waals surface area contributed by atoms with E-state index in [-0.39, 0.29) is 6.54 Å². The van der Waals surface area contributed by atoms with E-state index in [0.29, 0.717) is 6.73 Å². The van der Waals surface area contributed by atoms with E-state index in [2.05, 4.69) is 0 Å². The second kappa shape index (κ2) is 3.65. The van der Waals surface area contributed by atoms with Crippen LogP contribution >= 0.6 is 0 Å². The highest BCUT2D eigenvalue weighted by molar-refractivity contribution is 5.69. The van der Waals surface area contributed by atoms with Gasteiger partial charge >= 0.3 is 5.97 Å². The number of allylic oxidation sites excluding steroid dienone is 2. The van der Waals surface area contributed by atoms with Crippen molar-refractivity contribution in [2.75, 3.05) is 13.3 Å². The SMILES string of the molecule is O=C(O)CN1C=CC=COC1. The molecule has 0 radical (unpaired) electrons. The summed E-state index contributed by atoms with van der Waals surface area (Å²) in [7, 11) is 0. The van der Waals surface area contributed by atoms with Crippen molar-refractivity contribution in [3.8, 4) is 0 Å². The summed E-state index contributed by atoms with van der Waals surface area (Å²) in [6.45, 7) is 0.261. The molecular formula is C7H9NO3. The molecule has 60 valence electrons. The van der Waals surface area contributed by atoms with E-state index in [4.69, 9.17) is 9.84 Å². The van der Waals surface area contributed by atoms with Crippen LogP contribution in [0.2, 0.25) is 0 Å². The molecule has 1 heterocycles. The van der Waals surface area contributed by atoms with Gasteiger partial charge in [-0.05, 0) is 12.2 Å². The van der Waals surface area contributed by atoms with Crippen molar-refractivity contribution in [3.05, 3.63) is 24.6 Å². The predicted octanol–water partition coefficient (Wildman–Crippen LogP) is 0.388. The maximum Gasteiger partial charge on any atom is 0.323 e. The fourth-order valence-corrected chi connectivity index (χ4v) is 0.726. The zero-order valence-electron chi connectivity index (χ0n) is 5.93. The van der Waals surface area contributed by atoms with Gasteiger partial charge in [0.05, 0.1) is 6.26 Å². The van der Waals surface area contributed by atoms with Crippen LogP contribution in [0, 0.1) is 0 Å². The maximum atomic E-state index is 10.2. The summed E-state index contributed by atoms with van der Waals surface area (Å²) in [5.41, 5.74) is 0. The zero-order chi connectivity index (χ0) is 8.10. The fourth-order valence-electron chi connectivity index (χ4n) is 0.726. The van der Waals surface area contributed by atoms with E-state index < -0.39 is 5.97 Å². The molecule has 1 aliphatic rings. The Kier molecular flexibility index (Phi) is 2.54. The topological polar surface area (TPSA) is 49.8 Å². The third-order valence-electron chi connectivity index (χ3n) is 1.16. The zero-order valence-corrected chi connectivity index (χ0v) is 5.93. The molecule has 0 aromatic rings. The summed E-state index contributed by atoms with van der Waals surface area (Å²) < 4.78 is 4.93. The third kappa shape index (κ3) is 2.75. The van der Waals surface area contributed by atoms with E-state index in [1.165, 1.54) is 6.26 Å². The van der Waals surface area contributed by atoms with Crippen LogP contribution in [0.5, 0.6) is 0 Å². The number of aliphatic carboxylic acids is 1. The number of carbonyl (C=O) groups is 1. The van der Waals surface area contributed by atoms with Gasteiger partial charge in [0, 0.05) is 6.20 Å². The molecule has 0 saturated carbocycles. The van der Waals surface area contributed by atoms with E-state index >= 15 is 0 Å². The molecule has 1 aliphatic heterocycles. The summed E-state index contributed by atoms with van der Waals surface area (Å²) in [6, 6.07) is 0. The van der Waals surface area contributed by atoms with Gasteiger partial charge < -0.3 is 14.7 Å². The average molecular weight is 155 g/mol. The van der Waals surface area contributed by atoms with Crippen LogP contribution in [-0.2, 0) is 9.53 Å². The molecule has 0 aromatic heterocycles. The molecule has 4 nitrogen and oxygen atoms in total. The Hall–Kier alpha value is -1.45. The minimum atomic E-state index is -0.861. The van der Waals surface area contributed by atoms with Crippen LogP contribution < -0.4 is 0 Å². The number of hydrogen-bond donors (Lipinski definition) is 1. The van der Waals surface area contributed by atoms with Crippen molar-refractivity contribution in [2.24, 2.45) is 0 Å². The van der Waals surface area contributed by atoms with Crippen molar-refractivity contribution in [1.82, 2.24) is 4.90 Å². The predicted molar refractivity (Wildman–Crippen MR) is 38.6 cm³/mol. The molecule has 0 bridgehead atoms. The molecular weight excluding hydrogens is 146 g/mol. The van der Waals surface area contributed by atoms with Gasteiger partial charge in [-0.3, -0.25) is 4.79 Å². The Morgan fingerprint density at radius 1 is 1.64 bits per heavy atom. The van der Waals surface area contributed by atoms with E-state index in [9.17, 15) is 4.79 Å². The second-order valence-electron chi connectivity index (χ2n) is 2.11. The molecule has 0 fully saturated rings. The number of ether oxygens (including phenoxy) is 1. The van der Waals surface area contributed by atoms with E-state index in [0.717, 1.165) is 0 Å². The minimum absolute atomic E-state index is 0.0296. The Labute approximate surface area is 64.4 Å². The number of carboxylic acids is 1. The van der Waals surface area contributed by atoms with Gasteiger partial charge in [0.1, 0.15) is 6.54 Å². The Morgan fingerprint density at radius 2 is 2.45 bits per heavy atom. The van der Waals surface area contributed by atoms with Crippen LogP contribution in [0.3, 0.4) is 0 Å². The molecule has 0 amide bonds. The maximum absolute atomic E-state index is 10.2. The van der Waals surface area contributed by atoms with Gasteiger partial charge in [0.2, 0.25) is 0 Å². The van der Waals surface area contributed by atoms with E-state index in [1.807, 2.05) is 0 Å². The average Bonchev–Trinajstić information content (AvgIpc) is 2.14. The van der Waals surface area contributed by atoms with E-state index in [1.54, 1.807) is 23.3 Å². The van der Waals surface area contributed by atoms with Crippen LogP contribution in [-0.4, -0.2) is 29.3 Å². The van der Waals surface area contributed by atoms with Crippen LogP contribution in [0.1, 0.15) is 0 Å². The van der Waals surface area contributed by atoms with Crippen LogP contribution in [0.15, 0.2) is 24.6 Å². The highest BCUT2D eigenvalue weighted by atomic mass is 16.5. The largest absolute Gasteiger partial charge is 0.481 e. The summed E-state index contributed by atoms with van der Waals surface area (Å²) >= 11 is 0. The molecule has 1 N–H and O–H groups in total. The normalized spacial score (nSPS) is 15.8. The lowest BCUT2D eigenvalue weighted by molar-refractivity contribution is -0.138. The van der Waals surface area contributed by atoms with Gasteiger partial charge in [0.25, 0.3) is 0 Å². The van der Waals surface area contributed by atoms with Crippen LogP contribution in [0.4, 0.5) is 0 Å². The van der Waals surface area contributed by atoms with Crippen molar-refractivity contribution in [3.63, 3.8) is 0 Å². The molecule has 0 spiro atoms. The Morgan fingerprint density at radius 3 is 3.18 bits per heavy atom. The molecule has 11 heavy (non-hydrogen) atoms. The molecule has 0 saturated heterocycles. The van der Waals surface area contributed by atoms with Gasteiger partial charge in [-0.15, -0.1) is 0 Å². The van der Waals surface area contributed by atoms with Gasteiger partial charge in [-0.1, -0.05) is 0 Å². The first kappa shape index (κ1) is 7.65. The lowest BCUT2D eigenvalue weighted by Crippen LogP contribution is -2.25. The molecule has 4 heteroatoms. The summed E-state index contributed by atoms with van der Waals surface area (Å²) in [4.78, 5) is 11.8.